The zero-order valence-electron chi connectivity index (χ0n) is 16.3. The fourth-order valence-electron chi connectivity index (χ4n) is 2.73. The molecule has 6 heteroatoms. The van der Waals surface area contributed by atoms with Gasteiger partial charge in [0.05, 0.1) is 6.10 Å². The monoisotopic (exact) mass is 390 g/mol. The second-order valence-electron chi connectivity index (χ2n) is 6.64. The van der Waals surface area contributed by atoms with E-state index in [0.29, 0.717) is 23.4 Å². The standard InChI is InChI=1S/C23H22N2O4/c1-15(26)18-10-8-17(9-11-18)14-25-22(28)21-7-4-12-24-23(21)29-20-6-3-5-19(13-20)16(2)27/h3-13,15,26H,14H2,1-2H3,(H,25,28)/t15-/m0/s1. The molecular formula is C23H22N2O4. The number of aliphatic hydroxyl groups excluding tert-OH is 1. The number of nitrogens with one attached hydrogen (secondary N) is 1. The molecule has 2 aromatic carbocycles. The molecule has 1 heterocycles. The van der Waals surface area contributed by atoms with Crippen LogP contribution in [0.2, 0.25) is 0 Å². The van der Waals surface area contributed by atoms with Crippen LogP contribution in [0.4, 0.5) is 0 Å². The highest BCUT2D eigenvalue weighted by molar-refractivity contribution is 5.96. The Kier molecular flexibility index (Phi) is 6.36. The molecule has 0 bridgehead atoms. The van der Waals surface area contributed by atoms with Crippen molar-refractivity contribution in [1.82, 2.24) is 10.3 Å². The van der Waals surface area contributed by atoms with Crippen LogP contribution in [-0.4, -0.2) is 21.8 Å². The van der Waals surface area contributed by atoms with Gasteiger partial charge in [-0.15, -0.1) is 0 Å². The molecule has 0 unspecified atom stereocenters. The summed E-state index contributed by atoms with van der Waals surface area (Å²) in [4.78, 5) is 28.4. The zero-order chi connectivity index (χ0) is 20.8. The van der Waals surface area contributed by atoms with Crippen LogP contribution in [0.3, 0.4) is 0 Å². The number of aromatic nitrogens is 1. The van der Waals surface area contributed by atoms with Crippen molar-refractivity contribution in [2.75, 3.05) is 0 Å². The normalized spacial score (nSPS) is 11.6. The van der Waals surface area contributed by atoms with Crippen molar-refractivity contribution in [3.8, 4) is 11.6 Å². The van der Waals surface area contributed by atoms with Crippen LogP contribution in [0, 0.1) is 0 Å². The van der Waals surface area contributed by atoms with Crippen LogP contribution in [-0.2, 0) is 6.54 Å². The first-order chi connectivity index (χ1) is 13.9. The smallest absolute Gasteiger partial charge is 0.257 e. The second kappa shape index (κ2) is 9.12. The van der Waals surface area contributed by atoms with Gasteiger partial charge in [-0.2, -0.15) is 0 Å². The molecule has 0 spiro atoms. The highest BCUT2D eigenvalue weighted by Gasteiger charge is 2.15. The molecule has 0 saturated heterocycles. The topological polar surface area (TPSA) is 88.5 Å². The van der Waals surface area contributed by atoms with Crippen LogP contribution >= 0.6 is 0 Å². The number of hydrogen-bond donors (Lipinski definition) is 2. The molecule has 0 aliphatic heterocycles. The van der Waals surface area contributed by atoms with E-state index in [2.05, 4.69) is 10.3 Å². The molecule has 0 saturated carbocycles. The Balaban J connectivity index is 1.71. The number of carbonyl (C=O) groups is 2. The van der Waals surface area contributed by atoms with Gasteiger partial charge in [0, 0.05) is 18.3 Å². The van der Waals surface area contributed by atoms with Crippen molar-refractivity contribution in [2.45, 2.75) is 26.5 Å². The van der Waals surface area contributed by atoms with Gasteiger partial charge >= 0.3 is 0 Å². The second-order valence-corrected chi connectivity index (χ2v) is 6.64. The predicted molar refractivity (Wildman–Crippen MR) is 109 cm³/mol. The van der Waals surface area contributed by atoms with Gasteiger partial charge in [0.1, 0.15) is 11.3 Å². The summed E-state index contributed by atoms with van der Waals surface area (Å²) < 4.78 is 5.76. The highest BCUT2D eigenvalue weighted by Crippen LogP contribution is 2.24. The van der Waals surface area contributed by atoms with Crippen LogP contribution in [0.5, 0.6) is 11.6 Å². The number of rotatable bonds is 7. The molecule has 1 atom stereocenters. The lowest BCUT2D eigenvalue weighted by molar-refractivity contribution is 0.0946. The largest absolute Gasteiger partial charge is 0.438 e. The van der Waals surface area contributed by atoms with Crippen LogP contribution in [0.15, 0.2) is 66.9 Å². The number of ether oxygens (including phenoxy) is 1. The Morgan fingerprint density at radius 1 is 1.10 bits per heavy atom. The first-order valence-electron chi connectivity index (χ1n) is 9.23. The molecule has 6 nitrogen and oxygen atoms in total. The van der Waals surface area contributed by atoms with E-state index in [4.69, 9.17) is 4.74 Å². The van der Waals surface area contributed by atoms with Gasteiger partial charge < -0.3 is 15.2 Å². The summed E-state index contributed by atoms with van der Waals surface area (Å²) in [6.07, 6.45) is 1.01. The Morgan fingerprint density at radius 3 is 2.55 bits per heavy atom. The van der Waals surface area contributed by atoms with Crippen LogP contribution in [0.1, 0.15) is 51.8 Å². The third kappa shape index (κ3) is 5.27. The van der Waals surface area contributed by atoms with Crippen LogP contribution in [0.25, 0.3) is 0 Å². The van der Waals surface area contributed by atoms with E-state index in [0.717, 1.165) is 11.1 Å². The van der Waals surface area contributed by atoms with E-state index >= 15 is 0 Å². The molecule has 0 aliphatic rings. The highest BCUT2D eigenvalue weighted by atomic mass is 16.5. The van der Waals surface area contributed by atoms with Gasteiger partial charge in [-0.05, 0) is 49.2 Å². The third-order valence-corrected chi connectivity index (χ3v) is 4.39. The number of carbonyl (C=O) groups excluding carboxylic acids is 2. The molecule has 29 heavy (non-hydrogen) atoms. The number of hydrogen-bond acceptors (Lipinski definition) is 5. The minimum atomic E-state index is -0.532. The summed E-state index contributed by atoms with van der Waals surface area (Å²) in [5.41, 5.74) is 2.53. The van der Waals surface area contributed by atoms with Crippen molar-refractivity contribution >= 4 is 11.7 Å². The number of amides is 1. The zero-order valence-corrected chi connectivity index (χ0v) is 16.3. The molecule has 1 aromatic heterocycles. The van der Waals surface area contributed by atoms with Crippen molar-refractivity contribution in [3.05, 3.63) is 89.1 Å². The molecule has 3 rings (SSSR count). The number of pyridine rings is 1. The lowest BCUT2D eigenvalue weighted by atomic mass is 10.1. The number of ketones is 1. The number of nitrogens with zero attached hydrogens (tertiary/aromatic N) is 1. The van der Waals surface area contributed by atoms with Crippen molar-refractivity contribution < 1.29 is 19.4 Å². The van der Waals surface area contributed by atoms with Crippen molar-refractivity contribution in [2.24, 2.45) is 0 Å². The first kappa shape index (κ1) is 20.2. The minimum Gasteiger partial charge on any atom is -0.438 e. The molecular weight excluding hydrogens is 368 g/mol. The minimum absolute atomic E-state index is 0.0731. The summed E-state index contributed by atoms with van der Waals surface area (Å²) in [5, 5.41) is 12.4. The fourth-order valence-corrected chi connectivity index (χ4v) is 2.73. The SMILES string of the molecule is CC(=O)c1cccc(Oc2ncccc2C(=O)NCc2ccc([C@H](C)O)cc2)c1. The quantitative estimate of drug-likeness (QED) is 0.594. The lowest BCUT2D eigenvalue weighted by Crippen LogP contribution is -2.23. The Bertz CT molecular complexity index is 1010. The van der Waals surface area contributed by atoms with E-state index in [1.807, 2.05) is 24.3 Å². The van der Waals surface area contributed by atoms with Crippen molar-refractivity contribution in [1.29, 1.82) is 0 Å². The molecule has 0 fully saturated rings. The van der Waals surface area contributed by atoms with Gasteiger partial charge in [0.25, 0.3) is 5.91 Å². The average molecular weight is 390 g/mol. The van der Waals surface area contributed by atoms with Crippen LogP contribution < -0.4 is 10.1 Å². The maximum Gasteiger partial charge on any atom is 0.257 e. The maximum atomic E-state index is 12.7. The van der Waals surface area contributed by atoms with Gasteiger partial charge in [-0.1, -0.05) is 36.4 Å². The predicted octanol–water partition coefficient (Wildman–Crippen LogP) is 4.06. The van der Waals surface area contributed by atoms with Gasteiger partial charge in [0.15, 0.2) is 5.78 Å². The van der Waals surface area contributed by atoms with Gasteiger partial charge in [0.2, 0.25) is 5.88 Å². The Hall–Kier alpha value is -3.51. The van der Waals surface area contributed by atoms with Gasteiger partial charge in [-0.3, -0.25) is 9.59 Å². The summed E-state index contributed by atoms with van der Waals surface area (Å²) in [5.74, 6) is 0.195. The number of Topliss-reactive ketones (excluding diaryl/α,β-unsaturated/α-hetero) is 1. The molecule has 3 aromatic rings. The molecule has 1 amide bonds. The van der Waals surface area contributed by atoms with E-state index in [-0.39, 0.29) is 17.6 Å². The third-order valence-electron chi connectivity index (χ3n) is 4.39. The van der Waals surface area contributed by atoms with Crippen molar-refractivity contribution in [3.63, 3.8) is 0 Å². The molecule has 0 aliphatic carbocycles. The summed E-state index contributed by atoms with van der Waals surface area (Å²) >= 11 is 0. The van der Waals surface area contributed by atoms with Gasteiger partial charge in [-0.25, -0.2) is 4.98 Å². The number of aliphatic hydroxyl groups is 1. The fraction of sp³-hybridized carbons (Fsp3) is 0.174. The Morgan fingerprint density at radius 2 is 1.86 bits per heavy atom. The van der Waals surface area contributed by atoms with E-state index < -0.39 is 6.10 Å². The summed E-state index contributed by atoms with van der Waals surface area (Å²) in [6, 6.07) is 17.4. The molecule has 0 radical (unpaired) electrons. The summed E-state index contributed by atoms with van der Waals surface area (Å²) in [7, 11) is 0. The lowest BCUT2D eigenvalue weighted by Gasteiger charge is -2.11. The molecule has 2 N–H and O–H groups in total. The first-order valence-corrected chi connectivity index (χ1v) is 9.23. The summed E-state index contributed by atoms with van der Waals surface area (Å²) in [6.45, 7) is 3.51. The Labute approximate surface area is 169 Å². The van der Waals surface area contributed by atoms with E-state index in [9.17, 15) is 14.7 Å². The molecule has 148 valence electrons. The van der Waals surface area contributed by atoms with E-state index in [1.165, 1.54) is 13.1 Å². The van der Waals surface area contributed by atoms with E-state index in [1.54, 1.807) is 43.3 Å². The number of benzene rings is 2. The maximum absolute atomic E-state index is 12.7. The average Bonchev–Trinajstić information content (AvgIpc) is 2.73.